The molecule has 0 aliphatic carbocycles. The van der Waals surface area contributed by atoms with E-state index >= 15 is 0 Å². The van der Waals surface area contributed by atoms with Gasteiger partial charge in [-0.3, -0.25) is 0 Å². The molecule has 1 aliphatic heterocycles. The molecule has 0 saturated carbocycles. The Bertz CT molecular complexity index is 106. The highest BCUT2D eigenvalue weighted by molar-refractivity contribution is 6.59. The summed E-state index contributed by atoms with van der Waals surface area (Å²) in [6, 6.07) is 0.757. The maximum absolute atomic E-state index is 2.59. The molecule has 0 aromatic heterocycles. The van der Waals surface area contributed by atoms with E-state index in [1.165, 1.54) is 32.1 Å². The van der Waals surface area contributed by atoms with Gasteiger partial charge in [-0.05, 0) is 26.9 Å². The van der Waals surface area contributed by atoms with Crippen molar-refractivity contribution in [2.24, 2.45) is 0 Å². The first-order valence-corrected chi connectivity index (χ1v) is 4.98. The van der Waals surface area contributed by atoms with Crippen LogP contribution in [0.15, 0.2) is 0 Å². The molecule has 0 spiro atoms. The lowest BCUT2D eigenvalue weighted by molar-refractivity contribution is 0.236. The maximum Gasteiger partial charge on any atom is 0.142 e. The van der Waals surface area contributed by atoms with E-state index in [1.54, 1.807) is 0 Å². The summed E-state index contributed by atoms with van der Waals surface area (Å²) in [6.45, 7) is 10.6. The first-order valence-electron chi connectivity index (χ1n) is 4.98. The zero-order valence-corrected chi connectivity index (χ0v) is 8.14. The summed E-state index contributed by atoms with van der Waals surface area (Å²) in [7, 11) is 0. The third-order valence-electron chi connectivity index (χ3n) is 2.96. The van der Waals surface area contributed by atoms with Crippen molar-refractivity contribution < 1.29 is 0 Å². The molecular weight excluding hydrogens is 133 g/mol. The Morgan fingerprint density at radius 1 is 1.27 bits per heavy atom. The predicted molar refractivity (Wildman–Crippen MR) is 52.6 cm³/mol. The largest absolute Gasteiger partial charge is 0.302 e. The monoisotopic (exact) mass is 153 g/mol. The molecule has 11 heavy (non-hydrogen) atoms. The van der Waals surface area contributed by atoms with E-state index in [-0.39, 0.29) is 0 Å². The SMILES string of the molecule is CCB1CCN(C(C)C)CC1. The lowest BCUT2D eigenvalue weighted by Crippen LogP contribution is -2.40. The van der Waals surface area contributed by atoms with Gasteiger partial charge in [0.25, 0.3) is 0 Å². The quantitative estimate of drug-likeness (QED) is 0.550. The molecule has 0 N–H and O–H groups in total. The van der Waals surface area contributed by atoms with Crippen LogP contribution in [0.3, 0.4) is 0 Å². The average molecular weight is 153 g/mol. The molecule has 0 bridgehead atoms. The van der Waals surface area contributed by atoms with Crippen molar-refractivity contribution >= 4 is 6.71 Å². The van der Waals surface area contributed by atoms with Crippen molar-refractivity contribution in [1.82, 2.24) is 4.90 Å². The minimum Gasteiger partial charge on any atom is -0.302 e. The van der Waals surface area contributed by atoms with E-state index < -0.39 is 0 Å². The van der Waals surface area contributed by atoms with Crippen molar-refractivity contribution in [3.05, 3.63) is 0 Å². The van der Waals surface area contributed by atoms with Crippen molar-refractivity contribution in [2.75, 3.05) is 13.1 Å². The molecule has 1 fully saturated rings. The Labute approximate surface area is 71.2 Å². The van der Waals surface area contributed by atoms with Crippen LogP contribution in [0.1, 0.15) is 20.8 Å². The van der Waals surface area contributed by atoms with E-state index in [0.717, 1.165) is 12.8 Å². The fourth-order valence-electron chi connectivity index (χ4n) is 1.88. The first-order chi connectivity index (χ1) is 5.24. The highest BCUT2D eigenvalue weighted by atomic mass is 15.1. The molecule has 1 aliphatic rings. The summed E-state index contributed by atoms with van der Waals surface area (Å²) in [4.78, 5) is 2.59. The fourth-order valence-corrected chi connectivity index (χ4v) is 1.88. The highest BCUT2D eigenvalue weighted by Crippen LogP contribution is 2.15. The Balaban J connectivity index is 2.24. The molecule has 1 saturated heterocycles. The van der Waals surface area contributed by atoms with Crippen LogP contribution >= 0.6 is 0 Å². The lowest BCUT2D eigenvalue weighted by atomic mass is 9.42. The molecule has 1 nitrogen and oxygen atoms in total. The summed E-state index contributed by atoms with van der Waals surface area (Å²) in [6.07, 6.45) is 4.23. The van der Waals surface area contributed by atoms with E-state index in [4.69, 9.17) is 0 Å². The van der Waals surface area contributed by atoms with Gasteiger partial charge in [-0.1, -0.05) is 25.9 Å². The van der Waals surface area contributed by atoms with E-state index in [9.17, 15) is 0 Å². The molecule has 2 heteroatoms. The summed E-state index contributed by atoms with van der Waals surface area (Å²) in [5.41, 5.74) is 0. The molecule has 0 atom stereocenters. The van der Waals surface area contributed by atoms with Crippen molar-refractivity contribution in [1.29, 1.82) is 0 Å². The Morgan fingerprint density at radius 3 is 2.18 bits per heavy atom. The van der Waals surface area contributed by atoms with Crippen LogP contribution in [0.5, 0.6) is 0 Å². The molecule has 0 radical (unpaired) electrons. The number of nitrogens with zero attached hydrogens (tertiary/aromatic N) is 1. The first kappa shape index (κ1) is 9.12. The van der Waals surface area contributed by atoms with Crippen LogP contribution in [-0.4, -0.2) is 30.7 Å². The normalized spacial score (nSPS) is 21.3. The molecule has 64 valence electrons. The molecule has 0 aromatic rings. The van der Waals surface area contributed by atoms with Crippen LogP contribution in [0.25, 0.3) is 0 Å². The molecule has 0 aromatic carbocycles. The van der Waals surface area contributed by atoms with Crippen LogP contribution in [0, 0.1) is 0 Å². The predicted octanol–water partition coefficient (Wildman–Crippen LogP) is 2.23. The van der Waals surface area contributed by atoms with Crippen molar-refractivity contribution in [2.45, 2.75) is 45.8 Å². The van der Waals surface area contributed by atoms with Gasteiger partial charge in [-0.25, -0.2) is 0 Å². The van der Waals surface area contributed by atoms with E-state index in [0.29, 0.717) is 0 Å². The van der Waals surface area contributed by atoms with Gasteiger partial charge in [0.15, 0.2) is 0 Å². The van der Waals surface area contributed by atoms with Crippen molar-refractivity contribution in [3.63, 3.8) is 0 Å². The average Bonchev–Trinajstić information content (AvgIpc) is 2.05. The zero-order chi connectivity index (χ0) is 8.27. The lowest BCUT2D eigenvalue weighted by Gasteiger charge is -2.32. The summed E-state index contributed by atoms with van der Waals surface area (Å²) < 4.78 is 0. The second-order valence-electron chi connectivity index (χ2n) is 3.98. The Morgan fingerprint density at radius 2 is 1.82 bits per heavy atom. The fraction of sp³-hybridized carbons (Fsp3) is 1.00. The number of rotatable bonds is 2. The molecule has 1 heterocycles. The molecule has 1 rings (SSSR count). The Hall–Kier alpha value is 0.0249. The van der Waals surface area contributed by atoms with Crippen LogP contribution in [-0.2, 0) is 0 Å². The van der Waals surface area contributed by atoms with Crippen LogP contribution in [0.2, 0.25) is 19.0 Å². The van der Waals surface area contributed by atoms with Gasteiger partial charge in [0.2, 0.25) is 0 Å². The third-order valence-corrected chi connectivity index (χ3v) is 2.96. The van der Waals surface area contributed by atoms with E-state index in [2.05, 4.69) is 25.7 Å². The topological polar surface area (TPSA) is 3.24 Å². The van der Waals surface area contributed by atoms with Gasteiger partial charge in [-0.15, -0.1) is 0 Å². The van der Waals surface area contributed by atoms with Gasteiger partial charge >= 0.3 is 0 Å². The second-order valence-corrected chi connectivity index (χ2v) is 3.98. The molecule has 0 amide bonds. The number of hydrogen-bond donors (Lipinski definition) is 0. The molecule has 0 unspecified atom stereocenters. The maximum atomic E-state index is 2.59. The van der Waals surface area contributed by atoms with E-state index in [1.807, 2.05) is 0 Å². The summed E-state index contributed by atoms with van der Waals surface area (Å²) in [5, 5.41) is 0. The molecular formula is C9H20BN. The highest BCUT2D eigenvalue weighted by Gasteiger charge is 2.21. The zero-order valence-electron chi connectivity index (χ0n) is 8.14. The smallest absolute Gasteiger partial charge is 0.142 e. The van der Waals surface area contributed by atoms with Gasteiger partial charge in [-0.2, -0.15) is 0 Å². The third kappa shape index (κ3) is 2.51. The van der Waals surface area contributed by atoms with Gasteiger partial charge in [0.05, 0.1) is 0 Å². The van der Waals surface area contributed by atoms with Gasteiger partial charge in [0.1, 0.15) is 6.71 Å². The summed E-state index contributed by atoms with van der Waals surface area (Å²) in [5.74, 6) is 0. The minimum atomic E-state index is 0.757. The second kappa shape index (κ2) is 4.15. The standard InChI is InChI=1S/C9H20BN/c1-4-10-5-7-11(8-6-10)9(2)3/h9H,4-8H2,1-3H3. The van der Waals surface area contributed by atoms with Gasteiger partial charge < -0.3 is 4.90 Å². The Kier molecular flexibility index (Phi) is 3.44. The van der Waals surface area contributed by atoms with Crippen LogP contribution < -0.4 is 0 Å². The van der Waals surface area contributed by atoms with Gasteiger partial charge in [0, 0.05) is 6.04 Å². The minimum absolute atomic E-state index is 0.757. The summed E-state index contributed by atoms with van der Waals surface area (Å²) >= 11 is 0. The van der Waals surface area contributed by atoms with Crippen LogP contribution in [0.4, 0.5) is 0 Å². The van der Waals surface area contributed by atoms with Crippen molar-refractivity contribution in [3.8, 4) is 0 Å². The number of hydrogen-bond acceptors (Lipinski definition) is 1.